The molecule has 0 aromatic heterocycles. The van der Waals surface area contributed by atoms with Gasteiger partial charge in [-0.25, -0.2) is 0 Å². The Morgan fingerprint density at radius 2 is 2.00 bits per heavy atom. The highest BCUT2D eigenvalue weighted by Gasteiger charge is 2.35. The van der Waals surface area contributed by atoms with Crippen molar-refractivity contribution < 1.29 is 4.74 Å². The zero-order chi connectivity index (χ0) is 10.7. The smallest absolute Gasteiger partial charge is 0.0745 e. The molecule has 1 nitrogen and oxygen atoms in total. The number of hydrogen-bond donors (Lipinski definition) is 0. The van der Waals surface area contributed by atoms with Gasteiger partial charge >= 0.3 is 0 Å². The normalized spacial score (nSPS) is 30.2. The lowest BCUT2D eigenvalue weighted by Crippen LogP contribution is -2.45. The molecule has 1 saturated heterocycles. The van der Waals surface area contributed by atoms with Gasteiger partial charge in [-0.3, -0.25) is 0 Å². The molecule has 0 bridgehead atoms. The van der Waals surface area contributed by atoms with E-state index in [0.29, 0.717) is 0 Å². The van der Waals surface area contributed by atoms with Crippen LogP contribution in [0.15, 0.2) is 36.0 Å². The molecule has 0 spiro atoms. The van der Waals surface area contributed by atoms with Gasteiger partial charge in [0.2, 0.25) is 0 Å². The lowest BCUT2D eigenvalue weighted by Gasteiger charge is -2.38. The van der Waals surface area contributed by atoms with E-state index >= 15 is 0 Å². The maximum atomic E-state index is 6.11. The Kier molecular flexibility index (Phi) is 3.27. The third-order valence-corrected chi connectivity index (χ3v) is 5.99. The number of ether oxygens (including phenoxy) is 1. The minimum absolute atomic E-state index is 0.118. The summed E-state index contributed by atoms with van der Waals surface area (Å²) in [6, 6.07) is 0. The van der Waals surface area contributed by atoms with Crippen LogP contribution in [0.2, 0.25) is 13.1 Å². The van der Waals surface area contributed by atoms with Gasteiger partial charge in [0.05, 0.1) is 14.0 Å². The van der Waals surface area contributed by atoms with E-state index in [1.165, 1.54) is 24.8 Å². The van der Waals surface area contributed by atoms with E-state index in [1.807, 2.05) is 0 Å². The summed E-state index contributed by atoms with van der Waals surface area (Å²) < 4.78 is 6.11. The van der Waals surface area contributed by atoms with Gasteiger partial charge in [-0.05, 0) is 30.9 Å². The predicted molar refractivity (Wildman–Crippen MR) is 67.8 cm³/mol. The molecule has 1 aliphatic heterocycles. The second kappa shape index (κ2) is 4.50. The Morgan fingerprint density at radius 1 is 1.27 bits per heavy atom. The summed E-state index contributed by atoms with van der Waals surface area (Å²) in [5.74, 6) is 0. The van der Waals surface area contributed by atoms with Gasteiger partial charge in [-0.1, -0.05) is 37.4 Å². The van der Waals surface area contributed by atoms with E-state index < -0.39 is 8.80 Å². The molecule has 0 aromatic carbocycles. The van der Waals surface area contributed by atoms with Gasteiger partial charge in [-0.15, -0.1) is 0 Å². The molecule has 0 radical (unpaired) electrons. The van der Waals surface area contributed by atoms with Crippen LogP contribution < -0.4 is 0 Å². The summed E-state index contributed by atoms with van der Waals surface area (Å²) >= 11 is 0. The molecule has 1 aliphatic carbocycles. The summed E-state index contributed by atoms with van der Waals surface area (Å²) in [5.41, 5.74) is 1.33. The van der Waals surface area contributed by atoms with Gasteiger partial charge in [0.15, 0.2) is 0 Å². The molecule has 1 fully saturated rings. The van der Waals surface area contributed by atoms with Gasteiger partial charge in [0.25, 0.3) is 0 Å². The first-order valence-corrected chi connectivity index (χ1v) is 8.83. The van der Waals surface area contributed by atoms with E-state index in [4.69, 9.17) is 4.74 Å². The number of allylic oxidation sites excluding steroid dienone is 5. The van der Waals surface area contributed by atoms with Crippen LogP contribution in [0.3, 0.4) is 0 Å². The van der Waals surface area contributed by atoms with E-state index in [-0.39, 0.29) is 5.22 Å². The first kappa shape index (κ1) is 10.9. The molecule has 0 saturated carbocycles. The molecule has 0 aromatic rings. The third kappa shape index (κ3) is 2.32. The first-order chi connectivity index (χ1) is 7.23. The van der Waals surface area contributed by atoms with Gasteiger partial charge in [0, 0.05) is 6.61 Å². The van der Waals surface area contributed by atoms with Crippen molar-refractivity contribution in [1.29, 1.82) is 0 Å². The molecular formula is C13H20OSi. The lowest BCUT2D eigenvalue weighted by molar-refractivity contribution is 0.0102. The average Bonchev–Trinajstić information content (AvgIpc) is 2.71. The molecule has 1 unspecified atom stereocenters. The fraction of sp³-hybridized carbons (Fsp3) is 0.538. The molecule has 82 valence electrons. The molecule has 2 heteroatoms. The molecule has 1 atom stereocenters. The van der Waals surface area contributed by atoms with E-state index in [2.05, 4.69) is 43.5 Å². The largest absolute Gasteiger partial charge is 0.375 e. The monoisotopic (exact) mass is 220 g/mol. The van der Waals surface area contributed by atoms with Gasteiger partial charge < -0.3 is 4.74 Å². The van der Waals surface area contributed by atoms with Crippen LogP contribution in [0.5, 0.6) is 0 Å². The van der Waals surface area contributed by atoms with Crippen LogP contribution in [-0.2, 0) is 4.74 Å². The molecule has 0 amide bonds. The van der Waals surface area contributed by atoms with Crippen molar-refractivity contribution in [2.75, 3.05) is 6.61 Å². The fourth-order valence-corrected chi connectivity index (χ4v) is 4.10. The van der Waals surface area contributed by atoms with Gasteiger partial charge in [0.1, 0.15) is 0 Å². The molecule has 0 N–H and O–H groups in total. The second-order valence-electron chi connectivity index (χ2n) is 4.78. The highest BCUT2D eigenvalue weighted by Crippen LogP contribution is 2.31. The molecule has 1 heterocycles. The van der Waals surface area contributed by atoms with E-state index in [0.717, 1.165) is 6.61 Å². The average molecular weight is 220 g/mol. The highest BCUT2D eigenvalue weighted by atomic mass is 28.3. The van der Waals surface area contributed by atoms with Crippen LogP contribution in [0, 0.1) is 0 Å². The third-order valence-electron chi connectivity index (χ3n) is 3.41. The topological polar surface area (TPSA) is 9.23 Å². The Balaban J connectivity index is 2.22. The summed E-state index contributed by atoms with van der Waals surface area (Å²) in [4.78, 5) is 0. The lowest BCUT2D eigenvalue weighted by atomic mass is 10.1. The van der Waals surface area contributed by atoms with Crippen LogP contribution in [0.25, 0.3) is 0 Å². The van der Waals surface area contributed by atoms with Crippen molar-refractivity contribution in [2.45, 2.75) is 37.6 Å². The highest BCUT2D eigenvalue weighted by molar-refractivity contribution is 6.59. The molecular weight excluding hydrogens is 200 g/mol. The quantitative estimate of drug-likeness (QED) is 0.650. The Morgan fingerprint density at radius 3 is 2.53 bits per heavy atom. The summed E-state index contributed by atoms with van der Waals surface area (Å²) in [5, 5.41) is 0.118. The van der Waals surface area contributed by atoms with Crippen LogP contribution in [-0.4, -0.2) is 20.6 Å². The fourth-order valence-electron chi connectivity index (χ4n) is 2.34. The van der Waals surface area contributed by atoms with Crippen molar-refractivity contribution in [2.24, 2.45) is 0 Å². The number of hydrogen-bond acceptors (Lipinski definition) is 1. The Bertz CT molecular complexity index is 292. The second-order valence-corrected chi connectivity index (χ2v) is 8.06. The van der Waals surface area contributed by atoms with Gasteiger partial charge in [-0.2, -0.15) is 0 Å². The minimum Gasteiger partial charge on any atom is -0.375 e. The Hall–Kier alpha value is -0.603. The van der Waals surface area contributed by atoms with Crippen LogP contribution >= 0.6 is 0 Å². The standard InChI is InChI=1S/C13H20OSi/c1-15(2)13(9-5-6-10-14-13)11-12-7-3-4-8-12/h3-4,7-8,11,15H,5-6,9-10H2,1-2H3. The zero-order valence-corrected chi connectivity index (χ0v) is 10.9. The SMILES string of the molecule is C[SiH](C)C1(C=C2C=CC=C2)CCCCO1. The first-order valence-electron chi connectivity index (χ1n) is 5.94. The van der Waals surface area contributed by atoms with Crippen molar-refractivity contribution in [1.82, 2.24) is 0 Å². The molecule has 15 heavy (non-hydrogen) atoms. The van der Waals surface area contributed by atoms with Crippen molar-refractivity contribution in [3.63, 3.8) is 0 Å². The predicted octanol–water partition coefficient (Wildman–Crippen LogP) is 3.00. The maximum absolute atomic E-state index is 6.11. The van der Waals surface area contributed by atoms with Crippen molar-refractivity contribution in [3.8, 4) is 0 Å². The maximum Gasteiger partial charge on any atom is 0.0745 e. The summed E-state index contributed by atoms with van der Waals surface area (Å²) in [6.45, 7) is 5.73. The van der Waals surface area contributed by atoms with Crippen molar-refractivity contribution in [3.05, 3.63) is 36.0 Å². The molecule has 2 rings (SSSR count). The zero-order valence-electron chi connectivity index (χ0n) is 9.70. The summed E-state index contributed by atoms with van der Waals surface area (Å²) in [7, 11) is -0.810. The summed E-state index contributed by atoms with van der Waals surface area (Å²) in [6.07, 6.45) is 14.7. The van der Waals surface area contributed by atoms with E-state index in [9.17, 15) is 0 Å². The molecule has 2 aliphatic rings. The van der Waals surface area contributed by atoms with E-state index in [1.54, 1.807) is 0 Å². The van der Waals surface area contributed by atoms with Crippen LogP contribution in [0.4, 0.5) is 0 Å². The number of rotatable bonds is 2. The van der Waals surface area contributed by atoms with Crippen molar-refractivity contribution >= 4 is 8.80 Å². The Labute approximate surface area is 94.1 Å². The van der Waals surface area contributed by atoms with Crippen LogP contribution in [0.1, 0.15) is 19.3 Å². The minimum atomic E-state index is -0.810.